The fourth-order valence-electron chi connectivity index (χ4n) is 10.3. The largest absolute Gasteiger partial charge is 0.462 e. The summed E-state index contributed by atoms with van der Waals surface area (Å²) in [6.07, 6.45) is 21.2. The third-order valence-corrected chi connectivity index (χ3v) is 14.4. The van der Waals surface area contributed by atoms with E-state index >= 15 is 0 Å². The second kappa shape index (κ2) is 7.33. The van der Waals surface area contributed by atoms with Gasteiger partial charge in [0.2, 0.25) is 0 Å². The number of rotatable bonds is 7. The van der Waals surface area contributed by atoms with Crippen LogP contribution in [0.5, 0.6) is 0 Å². The van der Waals surface area contributed by atoms with Gasteiger partial charge in [0.1, 0.15) is 0 Å². The van der Waals surface area contributed by atoms with Crippen molar-refractivity contribution in [2.45, 2.75) is 101 Å². The summed E-state index contributed by atoms with van der Waals surface area (Å²) in [6.45, 7) is 6.13. The van der Waals surface area contributed by atoms with Crippen molar-refractivity contribution in [2.24, 2.45) is 35.5 Å². The molecule has 0 unspecified atom stereocenters. The van der Waals surface area contributed by atoms with Crippen molar-refractivity contribution in [3.8, 4) is 0 Å². The van der Waals surface area contributed by atoms with Crippen LogP contribution in [0.15, 0.2) is 12.2 Å². The zero-order valence-corrected chi connectivity index (χ0v) is 19.9. The molecule has 8 aliphatic carbocycles. The SMILES string of the molecule is C=C(C)C(=O)OCCCP(C12CC3CC(CC(C3)C1)C2)C12CC3CC(CC(C3)C1)C2. The van der Waals surface area contributed by atoms with Crippen LogP contribution in [0.3, 0.4) is 0 Å². The Kier molecular flexibility index (Phi) is 4.95. The monoisotopic (exact) mass is 428 g/mol. The van der Waals surface area contributed by atoms with E-state index in [1.54, 1.807) is 84.0 Å². The molecule has 0 N–H and O–H groups in total. The number of hydrogen-bond acceptors (Lipinski definition) is 2. The quantitative estimate of drug-likeness (QED) is 0.190. The number of carbonyl (C=O) groups is 1. The second-order valence-electron chi connectivity index (χ2n) is 12.7. The summed E-state index contributed by atoms with van der Waals surface area (Å²) in [5.74, 6) is 6.12. The molecule has 0 aromatic rings. The molecule has 0 spiro atoms. The lowest BCUT2D eigenvalue weighted by Crippen LogP contribution is -2.56. The summed E-state index contributed by atoms with van der Waals surface area (Å²) in [6, 6.07) is 0. The standard InChI is InChI=1S/C27H41O2P/c1-18(2)25(28)29-4-3-5-30(26-12-19-6-20(13-26)8-21(7-19)14-26)27-15-22-9-23(16-27)11-24(10-22)17-27/h19-24H,1,3-17H2,2H3. The van der Waals surface area contributed by atoms with E-state index in [0.29, 0.717) is 22.5 Å². The van der Waals surface area contributed by atoms with Crippen molar-refractivity contribution in [3.63, 3.8) is 0 Å². The minimum atomic E-state index is -0.191. The highest BCUT2D eigenvalue weighted by molar-refractivity contribution is 7.61. The van der Waals surface area contributed by atoms with Crippen LogP contribution >= 0.6 is 7.92 Å². The number of esters is 1. The number of ether oxygens (including phenoxy) is 1. The van der Waals surface area contributed by atoms with Gasteiger partial charge in [0.15, 0.2) is 0 Å². The van der Waals surface area contributed by atoms with E-state index < -0.39 is 0 Å². The van der Waals surface area contributed by atoms with Crippen LogP contribution in [-0.4, -0.2) is 29.1 Å². The Bertz CT molecular complexity index is 610. The predicted octanol–water partition coefficient (Wildman–Crippen LogP) is 6.92. The Balaban J connectivity index is 1.26. The zero-order valence-electron chi connectivity index (χ0n) is 19.0. The molecule has 0 aromatic carbocycles. The van der Waals surface area contributed by atoms with Gasteiger partial charge >= 0.3 is 5.97 Å². The van der Waals surface area contributed by atoms with E-state index in [2.05, 4.69) is 6.58 Å². The van der Waals surface area contributed by atoms with Gasteiger partial charge in [-0.05, 0) is 142 Å². The molecule has 8 rings (SSSR count). The molecule has 8 bridgehead atoms. The third kappa shape index (κ3) is 3.34. The molecule has 2 nitrogen and oxygen atoms in total. The molecular weight excluding hydrogens is 387 g/mol. The first-order valence-electron chi connectivity index (χ1n) is 13.0. The minimum absolute atomic E-state index is 0.0312. The van der Waals surface area contributed by atoms with Gasteiger partial charge in [-0.15, -0.1) is 0 Å². The van der Waals surface area contributed by atoms with Crippen LogP contribution in [-0.2, 0) is 9.53 Å². The smallest absolute Gasteiger partial charge is 0.333 e. The lowest BCUT2D eigenvalue weighted by molar-refractivity contribution is -0.138. The highest BCUT2D eigenvalue weighted by Crippen LogP contribution is 2.78. The van der Waals surface area contributed by atoms with Crippen LogP contribution in [0.2, 0.25) is 0 Å². The van der Waals surface area contributed by atoms with E-state index in [1.165, 1.54) is 6.16 Å². The van der Waals surface area contributed by atoms with E-state index in [9.17, 15) is 4.79 Å². The van der Waals surface area contributed by atoms with E-state index in [-0.39, 0.29) is 13.9 Å². The first-order valence-corrected chi connectivity index (χ1v) is 14.6. The molecule has 0 aromatic heterocycles. The third-order valence-electron chi connectivity index (χ3n) is 10.3. The van der Waals surface area contributed by atoms with Gasteiger partial charge in [-0.1, -0.05) is 14.5 Å². The fraction of sp³-hybridized carbons (Fsp3) is 0.889. The van der Waals surface area contributed by atoms with Crippen molar-refractivity contribution >= 4 is 13.9 Å². The lowest BCUT2D eigenvalue weighted by atomic mass is 9.55. The Labute approximate surface area is 184 Å². The molecule has 3 heteroatoms. The van der Waals surface area contributed by atoms with Crippen molar-refractivity contribution < 1.29 is 9.53 Å². The Morgan fingerprint density at radius 3 is 1.50 bits per heavy atom. The molecule has 8 saturated carbocycles. The van der Waals surface area contributed by atoms with Crippen LogP contribution < -0.4 is 0 Å². The molecule has 8 aliphatic rings. The van der Waals surface area contributed by atoms with Crippen molar-refractivity contribution in [3.05, 3.63) is 12.2 Å². The normalized spacial score (nSPS) is 48.7. The van der Waals surface area contributed by atoms with Crippen LogP contribution in [0, 0.1) is 35.5 Å². The molecular formula is C27H41O2P. The summed E-state index contributed by atoms with van der Waals surface area (Å²) in [5, 5.41) is 1.40. The molecule has 0 amide bonds. The first-order chi connectivity index (χ1) is 14.4. The maximum atomic E-state index is 11.9. The molecule has 0 radical (unpaired) electrons. The average Bonchev–Trinajstić information content (AvgIpc) is 2.65. The summed E-state index contributed by atoms with van der Waals surface area (Å²) in [4.78, 5) is 11.9. The zero-order chi connectivity index (χ0) is 20.5. The topological polar surface area (TPSA) is 26.3 Å². The molecule has 0 heterocycles. The number of carbonyl (C=O) groups excluding carboxylic acids is 1. The Hall–Kier alpha value is -0.360. The maximum absolute atomic E-state index is 11.9. The van der Waals surface area contributed by atoms with Gasteiger partial charge in [0.05, 0.1) is 6.61 Å². The highest BCUT2D eigenvalue weighted by Gasteiger charge is 2.62. The van der Waals surface area contributed by atoms with Gasteiger partial charge < -0.3 is 4.74 Å². The van der Waals surface area contributed by atoms with Crippen LogP contribution in [0.1, 0.15) is 90.4 Å². The van der Waals surface area contributed by atoms with Gasteiger partial charge in [0, 0.05) is 5.57 Å². The summed E-state index contributed by atoms with van der Waals surface area (Å²) >= 11 is 0. The molecule has 0 atom stereocenters. The van der Waals surface area contributed by atoms with Gasteiger partial charge in [0.25, 0.3) is 0 Å². The Morgan fingerprint density at radius 1 is 0.800 bits per heavy atom. The van der Waals surface area contributed by atoms with Crippen molar-refractivity contribution in [1.29, 1.82) is 0 Å². The van der Waals surface area contributed by atoms with E-state index in [1.807, 2.05) is 0 Å². The van der Waals surface area contributed by atoms with Crippen LogP contribution in [0.25, 0.3) is 0 Å². The summed E-state index contributed by atoms with van der Waals surface area (Å²) < 4.78 is 5.56. The molecule has 30 heavy (non-hydrogen) atoms. The fourth-order valence-corrected chi connectivity index (χ4v) is 15.6. The van der Waals surface area contributed by atoms with Gasteiger partial charge in [-0.3, -0.25) is 0 Å². The molecule has 0 saturated heterocycles. The highest BCUT2D eigenvalue weighted by atomic mass is 31.1. The first kappa shape index (κ1) is 20.3. The second-order valence-corrected chi connectivity index (χ2v) is 15.9. The summed E-state index contributed by atoms with van der Waals surface area (Å²) in [5.41, 5.74) is 0.541. The van der Waals surface area contributed by atoms with E-state index in [0.717, 1.165) is 41.9 Å². The molecule has 8 fully saturated rings. The Morgan fingerprint density at radius 2 is 1.17 bits per heavy atom. The van der Waals surface area contributed by atoms with E-state index in [4.69, 9.17) is 4.74 Å². The predicted molar refractivity (Wildman–Crippen MR) is 124 cm³/mol. The van der Waals surface area contributed by atoms with Gasteiger partial charge in [-0.25, -0.2) is 4.79 Å². The number of hydrogen-bond donors (Lipinski definition) is 0. The van der Waals surface area contributed by atoms with Gasteiger partial charge in [-0.2, -0.15) is 0 Å². The van der Waals surface area contributed by atoms with Crippen molar-refractivity contribution in [2.75, 3.05) is 12.8 Å². The maximum Gasteiger partial charge on any atom is 0.333 e. The minimum Gasteiger partial charge on any atom is -0.462 e. The molecule has 0 aliphatic heterocycles. The van der Waals surface area contributed by atoms with Crippen molar-refractivity contribution in [1.82, 2.24) is 0 Å². The van der Waals surface area contributed by atoms with Crippen LogP contribution in [0.4, 0.5) is 0 Å². The lowest BCUT2D eigenvalue weighted by Gasteiger charge is -2.67. The summed E-state index contributed by atoms with van der Waals surface area (Å²) in [7, 11) is 0.0312. The average molecular weight is 429 g/mol. The molecule has 166 valence electrons.